The van der Waals surface area contributed by atoms with Crippen LogP contribution in [-0.4, -0.2) is 24.0 Å². The van der Waals surface area contributed by atoms with Gasteiger partial charge >= 0.3 is 0 Å². The first kappa shape index (κ1) is 11.8. The monoisotopic (exact) mass is 195 g/mol. The summed E-state index contributed by atoms with van der Waals surface area (Å²) < 4.78 is 0. The Bertz CT molecular complexity index is 189. The fourth-order valence-corrected chi connectivity index (χ4v) is 2.65. The first-order chi connectivity index (χ1) is 6.54. The summed E-state index contributed by atoms with van der Waals surface area (Å²) in [6.07, 6.45) is 2.76. The number of hydrogen-bond donors (Lipinski definition) is 0. The summed E-state index contributed by atoms with van der Waals surface area (Å²) in [4.78, 5) is 2.66. The van der Waals surface area contributed by atoms with Gasteiger partial charge in [-0.25, -0.2) is 0 Å². The number of likely N-dealkylation sites (tertiary alicyclic amines) is 1. The largest absolute Gasteiger partial charge is 0.300 e. The topological polar surface area (TPSA) is 3.24 Å². The van der Waals surface area contributed by atoms with Crippen LogP contribution in [0.1, 0.15) is 40.5 Å². The van der Waals surface area contributed by atoms with Gasteiger partial charge in [-0.2, -0.15) is 0 Å². The molecule has 2 unspecified atom stereocenters. The maximum Gasteiger partial charge on any atom is 0.0181 e. The summed E-state index contributed by atoms with van der Waals surface area (Å²) in [7, 11) is 0. The van der Waals surface area contributed by atoms with E-state index in [4.69, 9.17) is 0 Å². The lowest BCUT2D eigenvalue weighted by Gasteiger charge is -2.36. The van der Waals surface area contributed by atoms with Gasteiger partial charge in [-0.05, 0) is 44.7 Å². The van der Waals surface area contributed by atoms with Crippen LogP contribution in [0.5, 0.6) is 0 Å². The van der Waals surface area contributed by atoms with E-state index in [0.29, 0.717) is 12.0 Å². The minimum absolute atomic E-state index is 0.632. The highest BCUT2D eigenvalue weighted by atomic mass is 15.2. The molecule has 0 saturated carbocycles. The van der Waals surface area contributed by atoms with Gasteiger partial charge in [0.15, 0.2) is 0 Å². The Hall–Kier alpha value is -0.300. The zero-order valence-corrected chi connectivity index (χ0v) is 10.2. The minimum atomic E-state index is 0.632. The molecule has 1 aliphatic heterocycles. The van der Waals surface area contributed by atoms with E-state index in [9.17, 15) is 0 Å². The van der Waals surface area contributed by atoms with Crippen molar-refractivity contribution in [1.82, 2.24) is 4.90 Å². The molecule has 0 spiro atoms. The molecule has 0 aliphatic carbocycles. The number of hydrogen-bond acceptors (Lipinski definition) is 1. The van der Waals surface area contributed by atoms with Crippen molar-refractivity contribution >= 4 is 0 Å². The summed E-state index contributed by atoms with van der Waals surface area (Å²) in [6, 6.07) is 0.704. The highest BCUT2D eigenvalue weighted by Gasteiger charge is 2.29. The van der Waals surface area contributed by atoms with Crippen molar-refractivity contribution in [2.45, 2.75) is 46.6 Å². The van der Waals surface area contributed by atoms with Crippen LogP contribution in [0.25, 0.3) is 0 Å². The van der Waals surface area contributed by atoms with Gasteiger partial charge in [0.1, 0.15) is 0 Å². The first-order valence-corrected chi connectivity index (χ1v) is 5.93. The third-order valence-corrected chi connectivity index (χ3v) is 3.53. The quantitative estimate of drug-likeness (QED) is 0.622. The molecule has 1 nitrogen and oxygen atoms in total. The van der Waals surface area contributed by atoms with Gasteiger partial charge < -0.3 is 0 Å². The summed E-state index contributed by atoms with van der Waals surface area (Å²) in [6.45, 7) is 15.8. The molecule has 0 radical (unpaired) electrons. The summed E-state index contributed by atoms with van der Waals surface area (Å²) in [5, 5.41) is 0. The molecule has 0 bridgehead atoms. The van der Waals surface area contributed by atoms with E-state index in [1.165, 1.54) is 31.5 Å². The highest BCUT2D eigenvalue weighted by molar-refractivity contribution is 5.01. The molecule has 0 aromatic carbocycles. The Labute approximate surface area is 89.2 Å². The van der Waals surface area contributed by atoms with Gasteiger partial charge in [0.2, 0.25) is 0 Å². The van der Waals surface area contributed by atoms with Crippen LogP contribution in [0, 0.1) is 11.8 Å². The van der Waals surface area contributed by atoms with E-state index in [1.807, 2.05) is 0 Å². The molecule has 1 saturated heterocycles. The highest BCUT2D eigenvalue weighted by Crippen LogP contribution is 2.27. The zero-order chi connectivity index (χ0) is 10.7. The molecular formula is C13H25N. The van der Waals surface area contributed by atoms with Crippen LogP contribution < -0.4 is 0 Å². The molecule has 82 valence electrons. The lowest BCUT2D eigenvalue weighted by Crippen LogP contribution is -2.41. The SMILES string of the molecule is C=C(C)C(C)C(C(C)C)N1CCCC1. The first-order valence-electron chi connectivity index (χ1n) is 5.93. The van der Waals surface area contributed by atoms with Crippen molar-refractivity contribution in [1.29, 1.82) is 0 Å². The van der Waals surface area contributed by atoms with Gasteiger partial charge in [-0.15, -0.1) is 0 Å². The Balaban J connectivity index is 2.67. The van der Waals surface area contributed by atoms with E-state index >= 15 is 0 Å². The normalized spacial score (nSPS) is 22.6. The minimum Gasteiger partial charge on any atom is -0.300 e. The van der Waals surface area contributed by atoms with Gasteiger partial charge in [-0.1, -0.05) is 32.9 Å². The van der Waals surface area contributed by atoms with E-state index in [-0.39, 0.29) is 0 Å². The number of nitrogens with zero attached hydrogens (tertiary/aromatic N) is 1. The summed E-state index contributed by atoms with van der Waals surface area (Å²) >= 11 is 0. The predicted octanol–water partition coefficient (Wildman–Crippen LogP) is 3.32. The lowest BCUT2D eigenvalue weighted by atomic mass is 9.86. The molecule has 1 heteroatoms. The van der Waals surface area contributed by atoms with E-state index in [1.54, 1.807) is 0 Å². The van der Waals surface area contributed by atoms with E-state index in [0.717, 1.165) is 5.92 Å². The third-order valence-electron chi connectivity index (χ3n) is 3.53. The van der Waals surface area contributed by atoms with Crippen LogP contribution >= 0.6 is 0 Å². The second kappa shape index (κ2) is 4.97. The van der Waals surface area contributed by atoms with Gasteiger partial charge in [0.25, 0.3) is 0 Å². The average Bonchev–Trinajstić information content (AvgIpc) is 2.56. The molecule has 1 fully saturated rings. The Morgan fingerprint density at radius 3 is 2.00 bits per heavy atom. The Morgan fingerprint density at radius 1 is 1.14 bits per heavy atom. The van der Waals surface area contributed by atoms with Crippen molar-refractivity contribution in [2.75, 3.05) is 13.1 Å². The Kier molecular flexibility index (Phi) is 4.18. The van der Waals surface area contributed by atoms with Crippen molar-refractivity contribution in [3.63, 3.8) is 0 Å². The number of rotatable bonds is 4. The van der Waals surface area contributed by atoms with Gasteiger partial charge in [-0.3, -0.25) is 4.90 Å². The van der Waals surface area contributed by atoms with Gasteiger partial charge in [0.05, 0.1) is 0 Å². The fourth-order valence-electron chi connectivity index (χ4n) is 2.65. The lowest BCUT2D eigenvalue weighted by molar-refractivity contribution is 0.151. The molecule has 0 amide bonds. The molecule has 1 rings (SSSR count). The maximum absolute atomic E-state index is 4.10. The van der Waals surface area contributed by atoms with Gasteiger partial charge in [0, 0.05) is 6.04 Å². The van der Waals surface area contributed by atoms with Crippen LogP contribution in [0.15, 0.2) is 12.2 Å². The van der Waals surface area contributed by atoms with Crippen molar-refractivity contribution in [2.24, 2.45) is 11.8 Å². The van der Waals surface area contributed by atoms with E-state index < -0.39 is 0 Å². The van der Waals surface area contributed by atoms with Crippen LogP contribution in [0.2, 0.25) is 0 Å². The molecule has 1 heterocycles. The molecular weight excluding hydrogens is 170 g/mol. The fraction of sp³-hybridized carbons (Fsp3) is 0.846. The van der Waals surface area contributed by atoms with Crippen LogP contribution in [0.3, 0.4) is 0 Å². The molecule has 0 aromatic rings. The molecule has 1 aliphatic rings. The van der Waals surface area contributed by atoms with Crippen molar-refractivity contribution < 1.29 is 0 Å². The average molecular weight is 195 g/mol. The Morgan fingerprint density at radius 2 is 1.64 bits per heavy atom. The standard InChI is InChI=1S/C13H25N/c1-10(2)12(5)13(11(3)4)14-8-6-7-9-14/h11-13H,1,6-9H2,2-5H3. The second-order valence-electron chi connectivity index (χ2n) is 5.11. The molecule has 2 atom stereocenters. The zero-order valence-electron chi connectivity index (χ0n) is 10.2. The molecule has 14 heavy (non-hydrogen) atoms. The summed E-state index contributed by atoms with van der Waals surface area (Å²) in [5.74, 6) is 1.37. The summed E-state index contributed by atoms with van der Waals surface area (Å²) in [5.41, 5.74) is 1.33. The van der Waals surface area contributed by atoms with Crippen LogP contribution in [-0.2, 0) is 0 Å². The smallest absolute Gasteiger partial charge is 0.0181 e. The molecule has 0 N–H and O–H groups in total. The molecule has 0 aromatic heterocycles. The predicted molar refractivity (Wildman–Crippen MR) is 63.4 cm³/mol. The van der Waals surface area contributed by atoms with Crippen molar-refractivity contribution in [3.8, 4) is 0 Å². The van der Waals surface area contributed by atoms with Crippen LogP contribution in [0.4, 0.5) is 0 Å². The van der Waals surface area contributed by atoms with E-state index in [2.05, 4.69) is 39.2 Å². The second-order valence-corrected chi connectivity index (χ2v) is 5.11. The maximum atomic E-state index is 4.10. The third kappa shape index (κ3) is 2.60. The van der Waals surface area contributed by atoms with Crippen molar-refractivity contribution in [3.05, 3.63) is 12.2 Å².